The first kappa shape index (κ1) is 12.3. The van der Waals surface area contributed by atoms with Crippen LogP contribution in [0.1, 0.15) is 19.8 Å². The molecule has 0 nitrogen and oxygen atoms in total. The van der Waals surface area contributed by atoms with Gasteiger partial charge in [-0.2, -0.15) is 0 Å². The first-order valence-electron chi connectivity index (χ1n) is 5.15. The molecule has 1 rings (SSSR count). The third kappa shape index (κ3) is 3.35. The van der Waals surface area contributed by atoms with E-state index in [-0.39, 0.29) is 0 Å². The summed E-state index contributed by atoms with van der Waals surface area (Å²) in [7, 11) is 0. The smallest absolute Gasteiger partial charge is 0.0141 e. The van der Waals surface area contributed by atoms with Gasteiger partial charge in [-0.15, -0.1) is 6.58 Å². The molecule has 15 heavy (non-hydrogen) atoms. The van der Waals surface area contributed by atoms with Gasteiger partial charge in [0.1, 0.15) is 0 Å². The lowest BCUT2D eigenvalue weighted by atomic mass is 9.88. The highest BCUT2D eigenvalue weighted by molar-refractivity contribution is 9.11. The van der Waals surface area contributed by atoms with E-state index in [9.17, 15) is 0 Å². The summed E-state index contributed by atoms with van der Waals surface area (Å²) in [5.41, 5.74) is 2.66. The van der Waals surface area contributed by atoms with Crippen molar-refractivity contribution >= 4 is 15.9 Å². The lowest BCUT2D eigenvalue weighted by Crippen LogP contribution is -2.04. The van der Waals surface area contributed by atoms with E-state index in [1.54, 1.807) is 0 Å². The molecular formula is C14H17Br. The lowest BCUT2D eigenvalue weighted by molar-refractivity contribution is 0.770. The highest BCUT2D eigenvalue weighted by Crippen LogP contribution is 2.32. The molecule has 1 heteroatoms. The molecule has 0 fully saturated rings. The Morgan fingerprint density at radius 2 is 2.27 bits per heavy atom. The average molecular weight is 265 g/mol. The molecule has 0 amide bonds. The summed E-state index contributed by atoms with van der Waals surface area (Å²) < 4.78 is 0.992. The maximum atomic E-state index is 4.00. The fourth-order valence-corrected chi connectivity index (χ4v) is 2.50. The van der Waals surface area contributed by atoms with Crippen molar-refractivity contribution in [2.24, 2.45) is 5.92 Å². The first-order chi connectivity index (χ1) is 7.16. The standard InChI is InChI=1S/C14H17Br/c1-4-8-11(2)14(12(3)15)13-9-6-5-7-10-13/h4-7,9,13H,1,3,8,10H2,2H3/b14-11+. The van der Waals surface area contributed by atoms with Crippen molar-refractivity contribution in [2.45, 2.75) is 19.8 Å². The van der Waals surface area contributed by atoms with Crippen LogP contribution >= 0.6 is 15.9 Å². The largest absolute Gasteiger partial charge is 0.103 e. The van der Waals surface area contributed by atoms with Crippen LogP contribution in [0, 0.1) is 5.92 Å². The first-order valence-corrected chi connectivity index (χ1v) is 5.94. The van der Waals surface area contributed by atoms with Gasteiger partial charge in [-0.25, -0.2) is 0 Å². The zero-order valence-corrected chi connectivity index (χ0v) is 10.8. The Balaban J connectivity index is 2.96. The van der Waals surface area contributed by atoms with Gasteiger partial charge in [0.2, 0.25) is 0 Å². The van der Waals surface area contributed by atoms with Gasteiger partial charge in [0.25, 0.3) is 0 Å². The van der Waals surface area contributed by atoms with E-state index in [0.29, 0.717) is 5.92 Å². The van der Waals surface area contributed by atoms with Gasteiger partial charge in [0, 0.05) is 10.4 Å². The second kappa shape index (κ2) is 5.92. The Bertz CT molecular complexity index is 342. The Labute approximate surface area is 101 Å². The van der Waals surface area contributed by atoms with E-state index >= 15 is 0 Å². The Morgan fingerprint density at radius 3 is 2.73 bits per heavy atom. The van der Waals surface area contributed by atoms with Gasteiger partial charge in [-0.05, 0) is 25.3 Å². The fourth-order valence-electron chi connectivity index (χ4n) is 1.87. The summed E-state index contributed by atoms with van der Waals surface area (Å²) in [5.74, 6) is 0.460. The van der Waals surface area contributed by atoms with E-state index < -0.39 is 0 Å². The predicted octanol–water partition coefficient (Wildman–Crippen LogP) is 4.92. The maximum absolute atomic E-state index is 4.00. The molecule has 1 aliphatic carbocycles. The predicted molar refractivity (Wildman–Crippen MR) is 72.0 cm³/mol. The molecule has 1 unspecified atom stereocenters. The van der Waals surface area contributed by atoms with Crippen LogP contribution in [0.5, 0.6) is 0 Å². The van der Waals surface area contributed by atoms with Crippen molar-refractivity contribution in [3.8, 4) is 0 Å². The average Bonchev–Trinajstić information content (AvgIpc) is 2.19. The van der Waals surface area contributed by atoms with Crippen LogP contribution < -0.4 is 0 Å². The molecule has 80 valence electrons. The maximum Gasteiger partial charge on any atom is 0.0141 e. The van der Waals surface area contributed by atoms with E-state index in [1.165, 1.54) is 11.1 Å². The number of allylic oxidation sites excluding steroid dienone is 8. The molecule has 0 radical (unpaired) electrons. The molecule has 0 aromatic carbocycles. The van der Waals surface area contributed by atoms with Crippen molar-refractivity contribution < 1.29 is 0 Å². The summed E-state index contributed by atoms with van der Waals surface area (Å²) in [5, 5.41) is 0. The summed E-state index contributed by atoms with van der Waals surface area (Å²) in [6, 6.07) is 0. The van der Waals surface area contributed by atoms with Crippen molar-refractivity contribution in [1.82, 2.24) is 0 Å². The Hall–Kier alpha value is -0.820. The van der Waals surface area contributed by atoms with Crippen LogP contribution in [-0.4, -0.2) is 0 Å². The summed E-state index contributed by atoms with van der Waals surface area (Å²) >= 11 is 3.50. The minimum absolute atomic E-state index is 0.460. The van der Waals surface area contributed by atoms with Crippen molar-refractivity contribution in [1.29, 1.82) is 0 Å². The molecule has 0 aromatic heterocycles. The minimum Gasteiger partial charge on any atom is -0.103 e. The second-order valence-electron chi connectivity index (χ2n) is 3.75. The van der Waals surface area contributed by atoms with Gasteiger partial charge in [-0.1, -0.05) is 58.5 Å². The van der Waals surface area contributed by atoms with Gasteiger partial charge >= 0.3 is 0 Å². The highest BCUT2D eigenvalue weighted by atomic mass is 79.9. The van der Waals surface area contributed by atoms with E-state index in [1.807, 2.05) is 6.08 Å². The van der Waals surface area contributed by atoms with Gasteiger partial charge in [0.15, 0.2) is 0 Å². The molecule has 0 aromatic rings. The molecule has 0 bridgehead atoms. The van der Waals surface area contributed by atoms with Crippen LogP contribution in [0.4, 0.5) is 0 Å². The van der Waals surface area contributed by atoms with Crippen LogP contribution in [0.25, 0.3) is 0 Å². The van der Waals surface area contributed by atoms with Gasteiger partial charge in [-0.3, -0.25) is 0 Å². The number of rotatable bonds is 4. The quantitative estimate of drug-likeness (QED) is 0.500. The van der Waals surface area contributed by atoms with E-state index in [4.69, 9.17) is 0 Å². The van der Waals surface area contributed by atoms with Crippen LogP contribution in [0.15, 0.2) is 59.2 Å². The van der Waals surface area contributed by atoms with Crippen molar-refractivity contribution in [3.05, 3.63) is 59.2 Å². The molecule has 0 N–H and O–H groups in total. The zero-order chi connectivity index (χ0) is 11.3. The molecule has 1 atom stereocenters. The Kier molecular flexibility index (Phi) is 4.83. The summed E-state index contributed by atoms with van der Waals surface area (Å²) in [6.07, 6.45) is 12.5. The summed E-state index contributed by atoms with van der Waals surface area (Å²) in [6.45, 7) is 9.93. The van der Waals surface area contributed by atoms with Crippen LogP contribution in [0.3, 0.4) is 0 Å². The minimum atomic E-state index is 0.460. The fraction of sp³-hybridized carbons (Fsp3) is 0.286. The Morgan fingerprint density at radius 1 is 1.53 bits per heavy atom. The molecule has 0 aliphatic heterocycles. The normalized spacial score (nSPS) is 21.1. The van der Waals surface area contributed by atoms with Crippen molar-refractivity contribution in [2.75, 3.05) is 0 Å². The van der Waals surface area contributed by atoms with Crippen LogP contribution in [-0.2, 0) is 0 Å². The number of hydrogen-bond acceptors (Lipinski definition) is 0. The molecule has 0 saturated heterocycles. The third-order valence-electron chi connectivity index (χ3n) is 2.55. The molecule has 0 spiro atoms. The zero-order valence-electron chi connectivity index (χ0n) is 9.17. The van der Waals surface area contributed by atoms with E-state index in [0.717, 1.165) is 17.3 Å². The monoisotopic (exact) mass is 264 g/mol. The summed E-state index contributed by atoms with van der Waals surface area (Å²) in [4.78, 5) is 0. The van der Waals surface area contributed by atoms with Crippen LogP contribution in [0.2, 0.25) is 0 Å². The molecule has 0 saturated carbocycles. The van der Waals surface area contributed by atoms with Gasteiger partial charge < -0.3 is 0 Å². The molecular weight excluding hydrogens is 248 g/mol. The second-order valence-corrected chi connectivity index (χ2v) is 4.70. The lowest BCUT2D eigenvalue weighted by Gasteiger charge is -2.19. The molecule has 1 aliphatic rings. The number of hydrogen-bond donors (Lipinski definition) is 0. The van der Waals surface area contributed by atoms with E-state index in [2.05, 4.69) is 60.3 Å². The number of halogens is 1. The third-order valence-corrected chi connectivity index (χ3v) is 2.98. The topological polar surface area (TPSA) is 0 Å². The SMILES string of the molecule is C=CC/C(C)=C(\C(=C)Br)C1C=CC=CC1. The van der Waals surface area contributed by atoms with Gasteiger partial charge in [0.05, 0.1) is 0 Å². The van der Waals surface area contributed by atoms with Crippen molar-refractivity contribution in [3.63, 3.8) is 0 Å². The highest BCUT2D eigenvalue weighted by Gasteiger charge is 2.15. The molecule has 0 heterocycles.